The highest BCUT2D eigenvalue weighted by molar-refractivity contribution is 5.97. The van der Waals surface area contributed by atoms with Crippen LogP contribution in [0, 0.1) is 19.7 Å². The molecule has 1 aromatic heterocycles. The van der Waals surface area contributed by atoms with Crippen LogP contribution in [0.5, 0.6) is 11.5 Å². The average Bonchev–Trinajstić information content (AvgIpc) is 3.04. The Kier molecular flexibility index (Phi) is 7.13. The van der Waals surface area contributed by atoms with Crippen molar-refractivity contribution in [2.75, 3.05) is 20.6 Å². The standard InChI is InChI=1S/C29H31FN2O2/c1-20-21(2)32(16-6-15-31(3)4)28-14-13-26(19-27(20)28)34-25-11-9-23(10-12-25)29(33)18-22-7-5-8-24(30)17-22/h5,7-14,17,19H,6,15-16,18H2,1-4H3. The second-order valence-corrected chi connectivity index (χ2v) is 9.05. The largest absolute Gasteiger partial charge is 0.457 e. The van der Waals surface area contributed by atoms with Gasteiger partial charge in [-0.15, -0.1) is 0 Å². The molecule has 0 atom stereocenters. The summed E-state index contributed by atoms with van der Waals surface area (Å²) in [6, 6.07) is 19.5. The fourth-order valence-electron chi connectivity index (χ4n) is 4.30. The Morgan fingerprint density at radius 2 is 1.71 bits per heavy atom. The van der Waals surface area contributed by atoms with Crippen LogP contribution < -0.4 is 4.74 Å². The summed E-state index contributed by atoms with van der Waals surface area (Å²) < 4.78 is 21.9. The molecule has 0 saturated carbocycles. The Hall–Kier alpha value is -3.44. The van der Waals surface area contributed by atoms with E-state index in [-0.39, 0.29) is 18.0 Å². The van der Waals surface area contributed by atoms with Gasteiger partial charge in [-0.1, -0.05) is 12.1 Å². The molecular weight excluding hydrogens is 427 g/mol. The SMILES string of the molecule is Cc1c(C)n(CCCN(C)C)c2ccc(Oc3ccc(C(=O)Cc4cccc(F)c4)cc3)cc12. The zero-order valence-electron chi connectivity index (χ0n) is 20.3. The maximum Gasteiger partial charge on any atom is 0.167 e. The first-order valence-corrected chi connectivity index (χ1v) is 11.6. The van der Waals surface area contributed by atoms with Crippen molar-refractivity contribution in [1.29, 1.82) is 0 Å². The predicted octanol–water partition coefficient (Wildman–Crippen LogP) is 6.57. The van der Waals surface area contributed by atoms with E-state index in [1.165, 1.54) is 34.3 Å². The van der Waals surface area contributed by atoms with E-state index in [2.05, 4.69) is 49.5 Å². The molecule has 0 aliphatic heterocycles. The Balaban J connectivity index is 1.47. The first-order chi connectivity index (χ1) is 16.3. The van der Waals surface area contributed by atoms with Gasteiger partial charge in [-0.05, 0) is 107 Å². The molecule has 0 aliphatic carbocycles. The van der Waals surface area contributed by atoms with Crippen LogP contribution in [0.25, 0.3) is 10.9 Å². The minimum atomic E-state index is -0.333. The number of aromatic nitrogens is 1. The van der Waals surface area contributed by atoms with Crippen molar-refractivity contribution in [3.05, 3.63) is 94.9 Å². The van der Waals surface area contributed by atoms with Crippen LogP contribution in [0.2, 0.25) is 0 Å². The molecule has 4 aromatic rings. The number of Topliss-reactive ketones (excluding diaryl/α,β-unsaturated/α-hetero) is 1. The lowest BCUT2D eigenvalue weighted by Gasteiger charge is -2.12. The lowest BCUT2D eigenvalue weighted by atomic mass is 10.0. The van der Waals surface area contributed by atoms with E-state index in [0.29, 0.717) is 16.9 Å². The van der Waals surface area contributed by atoms with Gasteiger partial charge in [0.1, 0.15) is 17.3 Å². The first-order valence-electron chi connectivity index (χ1n) is 11.6. The number of halogens is 1. The number of ether oxygens (including phenoxy) is 1. The summed E-state index contributed by atoms with van der Waals surface area (Å²) in [5.41, 5.74) is 5.02. The summed E-state index contributed by atoms with van der Waals surface area (Å²) in [5, 5.41) is 1.20. The third-order valence-corrected chi connectivity index (χ3v) is 6.26. The van der Waals surface area contributed by atoms with Crippen molar-refractivity contribution in [2.24, 2.45) is 0 Å². The lowest BCUT2D eigenvalue weighted by molar-refractivity contribution is 0.0993. The fourth-order valence-corrected chi connectivity index (χ4v) is 4.30. The number of fused-ring (bicyclic) bond motifs is 1. The van der Waals surface area contributed by atoms with Gasteiger partial charge >= 0.3 is 0 Å². The molecule has 5 heteroatoms. The maximum atomic E-state index is 13.4. The van der Waals surface area contributed by atoms with Crippen molar-refractivity contribution in [1.82, 2.24) is 9.47 Å². The molecule has 176 valence electrons. The summed E-state index contributed by atoms with van der Waals surface area (Å²) >= 11 is 0. The van der Waals surface area contributed by atoms with Crippen LogP contribution in [0.1, 0.15) is 33.6 Å². The molecule has 0 saturated heterocycles. The fraction of sp³-hybridized carbons (Fsp3) is 0.276. The lowest BCUT2D eigenvalue weighted by Crippen LogP contribution is -2.15. The van der Waals surface area contributed by atoms with Gasteiger partial charge in [0.15, 0.2) is 5.78 Å². The molecule has 0 amide bonds. The van der Waals surface area contributed by atoms with Gasteiger partial charge in [0.25, 0.3) is 0 Å². The molecule has 0 radical (unpaired) electrons. The number of carbonyl (C=O) groups excluding carboxylic acids is 1. The number of nitrogens with zero attached hydrogens (tertiary/aromatic N) is 2. The minimum absolute atomic E-state index is 0.0553. The third kappa shape index (κ3) is 5.37. The maximum absolute atomic E-state index is 13.4. The molecule has 1 heterocycles. The number of rotatable bonds is 9. The minimum Gasteiger partial charge on any atom is -0.457 e. The number of aryl methyl sites for hydroxylation is 2. The Morgan fingerprint density at radius 3 is 2.41 bits per heavy atom. The van der Waals surface area contributed by atoms with Gasteiger partial charge in [0, 0.05) is 35.1 Å². The summed E-state index contributed by atoms with van der Waals surface area (Å²) in [6.07, 6.45) is 1.26. The molecule has 0 aliphatic rings. The Bertz CT molecular complexity index is 1310. The van der Waals surface area contributed by atoms with Crippen LogP contribution in [-0.2, 0) is 13.0 Å². The van der Waals surface area contributed by atoms with Gasteiger partial charge in [0.05, 0.1) is 0 Å². The first kappa shape index (κ1) is 23.7. The van der Waals surface area contributed by atoms with Crippen molar-refractivity contribution in [3.8, 4) is 11.5 Å². The summed E-state index contributed by atoms with van der Waals surface area (Å²) in [4.78, 5) is 14.8. The average molecular weight is 459 g/mol. The summed E-state index contributed by atoms with van der Waals surface area (Å²) in [7, 11) is 4.20. The highest BCUT2D eigenvalue weighted by Crippen LogP contribution is 2.31. The normalized spacial score (nSPS) is 11.4. The molecule has 0 unspecified atom stereocenters. The topological polar surface area (TPSA) is 34.5 Å². The van der Waals surface area contributed by atoms with Gasteiger partial charge in [-0.25, -0.2) is 4.39 Å². The van der Waals surface area contributed by atoms with Crippen LogP contribution in [-0.4, -0.2) is 35.9 Å². The van der Waals surface area contributed by atoms with Crippen molar-refractivity contribution in [3.63, 3.8) is 0 Å². The summed E-state index contributed by atoms with van der Waals surface area (Å²) in [6.45, 7) is 6.37. The number of ketones is 1. The molecule has 0 N–H and O–H groups in total. The van der Waals surface area contributed by atoms with Crippen molar-refractivity contribution in [2.45, 2.75) is 33.2 Å². The monoisotopic (exact) mass is 458 g/mol. The molecule has 34 heavy (non-hydrogen) atoms. The number of hydrogen-bond acceptors (Lipinski definition) is 3. The summed E-state index contributed by atoms with van der Waals surface area (Å²) in [5.74, 6) is 1.04. The second-order valence-electron chi connectivity index (χ2n) is 9.05. The van der Waals surface area contributed by atoms with Crippen molar-refractivity contribution >= 4 is 16.7 Å². The van der Waals surface area contributed by atoms with Crippen LogP contribution >= 0.6 is 0 Å². The molecule has 4 nitrogen and oxygen atoms in total. The van der Waals surface area contributed by atoms with Crippen molar-refractivity contribution < 1.29 is 13.9 Å². The molecule has 0 spiro atoms. The number of benzene rings is 3. The Morgan fingerprint density at radius 1 is 0.971 bits per heavy atom. The zero-order chi connectivity index (χ0) is 24.2. The molecule has 0 bridgehead atoms. The van der Waals surface area contributed by atoms with Crippen LogP contribution in [0.4, 0.5) is 4.39 Å². The van der Waals surface area contributed by atoms with E-state index < -0.39 is 0 Å². The predicted molar refractivity (Wildman–Crippen MR) is 136 cm³/mol. The van der Waals surface area contributed by atoms with Gasteiger partial charge in [-0.3, -0.25) is 4.79 Å². The zero-order valence-corrected chi connectivity index (χ0v) is 20.3. The van der Waals surface area contributed by atoms with Gasteiger partial charge in [0.2, 0.25) is 0 Å². The van der Waals surface area contributed by atoms with E-state index in [4.69, 9.17) is 4.74 Å². The van der Waals surface area contributed by atoms with E-state index in [0.717, 1.165) is 25.3 Å². The second kappa shape index (κ2) is 10.2. The number of carbonyl (C=O) groups is 1. The molecule has 3 aromatic carbocycles. The molecule has 0 fully saturated rings. The third-order valence-electron chi connectivity index (χ3n) is 6.26. The van der Waals surface area contributed by atoms with Gasteiger partial charge < -0.3 is 14.2 Å². The van der Waals surface area contributed by atoms with E-state index in [1.807, 2.05) is 6.07 Å². The van der Waals surface area contributed by atoms with Crippen LogP contribution in [0.3, 0.4) is 0 Å². The Labute approximate surface area is 200 Å². The van der Waals surface area contributed by atoms with E-state index in [9.17, 15) is 9.18 Å². The van der Waals surface area contributed by atoms with E-state index in [1.54, 1.807) is 36.4 Å². The number of hydrogen-bond donors (Lipinski definition) is 0. The van der Waals surface area contributed by atoms with Crippen LogP contribution in [0.15, 0.2) is 66.7 Å². The molecule has 4 rings (SSSR count). The molecular formula is C29H31FN2O2. The van der Waals surface area contributed by atoms with Gasteiger partial charge in [-0.2, -0.15) is 0 Å². The van der Waals surface area contributed by atoms with E-state index >= 15 is 0 Å². The highest BCUT2D eigenvalue weighted by atomic mass is 19.1. The quantitative estimate of drug-likeness (QED) is 0.266. The smallest absolute Gasteiger partial charge is 0.167 e. The highest BCUT2D eigenvalue weighted by Gasteiger charge is 2.13.